The molecule has 2 N–H and O–H groups in total. The van der Waals surface area contributed by atoms with Crippen LogP contribution in [0.2, 0.25) is 0 Å². The molecule has 1 aliphatic rings. The van der Waals surface area contributed by atoms with Crippen LogP contribution in [0.3, 0.4) is 0 Å². The summed E-state index contributed by atoms with van der Waals surface area (Å²) in [7, 11) is 0. The maximum Gasteiger partial charge on any atom is 0.413 e. The van der Waals surface area contributed by atoms with Gasteiger partial charge in [0, 0.05) is 24.1 Å². The first kappa shape index (κ1) is 20.0. The molecule has 6 nitrogen and oxygen atoms in total. The minimum Gasteiger partial charge on any atom is -0.444 e. The van der Waals surface area contributed by atoms with E-state index in [4.69, 9.17) is 4.74 Å². The lowest BCUT2D eigenvalue weighted by molar-refractivity contribution is -0.120. The number of rotatable bonds is 5. The number of carbonyl (C=O) groups excluding carboxylic acids is 2. The molecule has 0 aliphatic carbocycles. The Hall–Kier alpha value is -2.73. The van der Waals surface area contributed by atoms with Gasteiger partial charge in [0.1, 0.15) is 11.4 Å². The molecule has 0 bridgehead atoms. The molecular formula is C22H27N3O3. The van der Waals surface area contributed by atoms with Crippen LogP contribution in [0.5, 0.6) is 0 Å². The monoisotopic (exact) mass is 381 g/mol. The standard InChI is InChI=1S/C22H27N3O3/c1-22(2,3)28-21(27)25-20-11-7-10-18(24-20)16(17-13-23-14-19(17)26)12-15-8-5-4-6-9-15/h4-11,16-17,23H,12-14H2,1-3H3,(H,24,25,27). The third kappa shape index (κ3) is 5.39. The van der Waals surface area contributed by atoms with Gasteiger partial charge in [-0.3, -0.25) is 10.1 Å². The molecule has 0 radical (unpaired) electrons. The van der Waals surface area contributed by atoms with Gasteiger partial charge in [0.05, 0.1) is 6.54 Å². The van der Waals surface area contributed by atoms with Crippen LogP contribution in [-0.2, 0) is 16.0 Å². The first-order valence-corrected chi connectivity index (χ1v) is 9.56. The second-order valence-electron chi connectivity index (χ2n) is 8.07. The molecule has 0 spiro atoms. The van der Waals surface area contributed by atoms with Crippen LogP contribution in [-0.4, -0.2) is 35.6 Å². The number of amides is 1. The molecule has 2 atom stereocenters. The van der Waals surface area contributed by atoms with Gasteiger partial charge in [0.15, 0.2) is 5.78 Å². The van der Waals surface area contributed by atoms with Gasteiger partial charge in [-0.2, -0.15) is 0 Å². The highest BCUT2D eigenvalue weighted by molar-refractivity contribution is 5.86. The lowest BCUT2D eigenvalue weighted by atomic mass is 9.83. The largest absolute Gasteiger partial charge is 0.444 e. The van der Waals surface area contributed by atoms with Gasteiger partial charge < -0.3 is 10.1 Å². The maximum atomic E-state index is 12.4. The van der Waals surface area contributed by atoms with E-state index >= 15 is 0 Å². The third-order valence-corrected chi connectivity index (χ3v) is 4.64. The highest BCUT2D eigenvalue weighted by Crippen LogP contribution is 2.30. The molecule has 1 amide bonds. The van der Waals surface area contributed by atoms with Crippen molar-refractivity contribution < 1.29 is 14.3 Å². The van der Waals surface area contributed by atoms with Gasteiger partial charge in [-0.05, 0) is 44.9 Å². The summed E-state index contributed by atoms with van der Waals surface area (Å²) in [6, 6.07) is 15.6. The number of anilines is 1. The van der Waals surface area contributed by atoms with Crippen molar-refractivity contribution in [3.05, 3.63) is 59.8 Å². The summed E-state index contributed by atoms with van der Waals surface area (Å²) in [6.07, 6.45) is 0.164. The fraction of sp³-hybridized carbons (Fsp3) is 0.409. The average Bonchev–Trinajstić information content (AvgIpc) is 3.05. The second-order valence-corrected chi connectivity index (χ2v) is 8.07. The molecule has 148 valence electrons. The average molecular weight is 381 g/mol. The highest BCUT2D eigenvalue weighted by atomic mass is 16.6. The molecule has 2 aromatic rings. The number of Topliss-reactive ketones (excluding diaryl/α,β-unsaturated/α-hetero) is 1. The first-order valence-electron chi connectivity index (χ1n) is 9.56. The lowest BCUT2D eigenvalue weighted by Gasteiger charge is -2.23. The molecule has 1 saturated heterocycles. The van der Waals surface area contributed by atoms with E-state index in [0.717, 1.165) is 11.3 Å². The van der Waals surface area contributed by atoms with Gasteiger partial charge in [-0.25, -0.2) is 9.78 Å². The summed E-state index contributed by atoms with van der Waals surface area (Å²) < 4.78 is 5.30. The number of hydrogen-bond donors (Lipinski definition) is 2. The molecule has 1 aromatic heterocycles. The Labute approximate surface area is 165 Å². The van der Waals surface area contributed by atoms with Crippen LogP contribution in [0.1, 0.15) is 37.9 Å². The first-order chi connectivity index (χ1) is 13.3. The minimum atomic E-state index is -0.584. The van der Waals surface area contributed by atoms with Crippen LogP contribution in [0.4, 0.5) is 10.6 Å². The zero-order chi connectivity index (χ0) is 20.1. The van der Waals surface area contributed by atoms with Crippen LogP contribution in [0.15, 0.2) is 48.5 Å². The van der Waals surface area contributed by atoms with E-state index in [1.165, 1.54) is 0 Å². The normalized spacial score (nSPS) is 18.0. The van der Waals surface area contributed by atoms with E-state index in [-0.39, 0.29) is 17.6 Å². The van der Waals surface area contributed by atoms with Gasteiger partial charge in [-0.1, -0.05) is 36.4 Å². The van der Waals surface area contributed by atoms with Crippen LogP contribution in [0.25, 0.3) is 0 Å². The summed E-state index contributed by atoms with van der Waals surface area (Å²) in [5.74, 6) is 0.422. The number of ether oxygens (including phenoxy) is 1. The Bertz CT molecular complexity index is 830. The van der Waals surface area contributed by atoms with Crippen LogP contribution < -0.4 is 10.6 Å². The van der Waals surface area contributed by atoms with Crippen LogP contribution >= 0.6 is 0 Å². The van der Waals surface area contributed by atoms with Crippen molar-refractivity contribution in [1.82, 2.24) is 10.3 Å². The van der Waals surface area contributed by atoms with Crippen molar-refractivity contribution in [3.63, 3.8) is 0 Å². The molecule has 28 heavy (non-hydrogen) atoms. The zero-order valence-corrected chi connectivity index (χ0v) is 16.6. The van der Waals surface area contributed by atoms with Crippen molar-refractivity contribution in [2.45, 2.75) is 38.7 Å². The van der Waals surface area contributed by atoms with Gasteiger partial charge in [-0.15, -0.1) is 0 Å². The fourth-order valence-corrected chi connectivity index (χ4v) is 3.42. The summed E-state index contributed by atoms with van der Waals surface area (Å²) in [5, 5.41) is 5.85. The molecular weight excluding hydrogens is 354 g/mol. The van der Waals surface area contributed by atoms with E-state index in [1.54, 1.807) is 6.07 Å². The van der Waals surface area contributed by atoms with E-state index in [9.17, 15) is 9.59 Å². The van der Waals surface area contributed by atoms with Crippen molar-refractivity contribution in [3.8, 4) is 0 Å². The topological polar surface area (TPSA) is 80.3 Å². The van der Waals surface area contributed by atoms with Gasteiger partial charge >= 0.3 is 6.09 Å². The summed E-state index contributed by atoms with van der Waals surface area (Å²) in [5.41, 5.74) is 1.36. The Kier molecular flexibility index (Phi) is 6.09. The maximum absolute atomic E-state index is 12.4. The highest BCUT2D eigenvalue weighted by Gasteiger charge is 2.34. The van der Waals surface area contributed by atoms with Crippen molar-refractivity contribution in [2.75, 3.05) is 18.4 Å². The van der Waals surface area contributed by atoms with E-state index < -0.39 is 11.7 Å². The Morgan fingerprint density at radius 1 is 1.21 bits per heavy atom. The number of nitrogens with zero attached hydrogens (tertiary/aromatic N) is 1. The smallest absolute Gasteiger partial charge is 0.413 e. The fourth-order valence-electron chi connectivity index (χ4n) is 3.42. The molecule has 2 unspecified atom stereocenters. The molecule has 2 heterocycles. The Morgan fingerprint density at radius 2 is 1.96 bits per heavy atom. The Morgan fingerprint density at radius 3 is 2.61 bits per heavy atom. The molecule has 1 aromatic carbocycles. The molecule has 1 fully saturated rings. The van der Waals surface area contributed by atoms with Gasteiger partial charge in [0.25, 0.3) is 0 Å². The zero-order valence-electron chi connectivity index (χ0n) is 16.6. The quantitative estimate of drug-likeness (QED) is 0.828. The number of hydrogen-bond acceptors (Lipinski definition) is 5. The number of aromatic nitrogens is 1. The van der Waals surface area contributed by atoms with E-state index in [1.807, 2.05) is 51.1 Å². The number of pyridine rings is 1. The third-order valence-electron chi connectivity index (χ3n) is 4.64. The van der Waals surface area contributed by atoms with E-state index in [0.29, 0.717) is 25.3 Å². The van der Waals surface area contributed by atoms with E-state index in [2.05, 4.69) is 27.8 Å². The predicted octanol–water partition coefficient (Wildman–Crippen LogP) is 3.54. The number of benzene rings is 1. The predicted molar refractivity (Wildman–Crippen MR) is 108 cm³/mol. The second kappa shape index (κ2) is 8.52. The number of nitrogens with one attached hydrogen (secondary N) is 2. The number of carbonyl (C=O) groups is 2. The minimum absolute atomic E-state index is 0.0645. The molecule has 3 rings (SSSR count). The summed E-state index contributed by atoms with van der Waals surface area (Å²) in [4.78, 5) is 29.1. The SMILES string of the molecule is CC(C)(C)OC(=O)Nc1cccc(C(Cc2ccccc2)C2CNCC2=O)n1. The van der Waals surface area contributed by atoms with Crippen LogP contribution in [0, 0.1) is 5.92 Å². The molecule has 0 saturated carbocycles. The lowest BCUT2D eigenvalue weighted by Crippen LogP contribution is -2.28. The van der Waals surface area contributed by atoms with Crippen molar-refractivity contribution in [1.29, 1.82) is 0 Å². The van der Waals surface area contributed by atoms with Gasteiger partial charge in [0.2, 0.25) is 0 Å². The van der Waals surface area contributed by atoms with Crippen molar-refractivity contribution >= 4 is 17.7 Å². The molecule has 1 aliphatic heterocycles. The van der Waals surface area contributed by atoms with Crippen molar-refractivity contribution in [2.24, 2.45) is 5.92 Å². The Balaban J connectivity index is 1.83. The summed E-state index contributed by atoms with van der Waals surface area (Å²) >= 11 is 0. The summed E-state index contributed by atoms with van der Waals surface area (Å²) in [6.45, 7) is 6.47. The molecule has 6 heteroatoms. The number of ketones is 1.